The molecular formula is C21H18F2N2O3S2. The van der Waals surface area contributed by atoms with Gasteiger partial charge < -0.3 is 5.32 Å². The summed E-state index contributed by atoms with van der Waals surface area (Å²) in [6.07, 6.45) is 0. The van der Waals surface area contributed by atoms with Gasteiger partial charge in [0, 0.05) is 17.6 Å². The van der Waals surface area contributed by atoms with Gasteiger partial charge in [-0.15, -0.1) is 0 Å². The second kappa shape index (κ2) is 9.27. The molecule has 156 valence electrons. The summed E-state index contributed by atoms with van der Waals surface area (Å²) in [5, 5.41) is 2.61. The van der Waals surface area contributed by atoms with E-state index in [0.29, 0.717) is 28.0 Å². The van der Waals surface area contributed by atoms with Gasteiger partial charge in [0.2, 0.25) is 0 Å². The zero-order chi connectivity index (χ0) is 21.7. The van der Waals surface area contributed by atoms with E-state index in [2.05, 4.69) is 5.32 Å². The first-order valence-electron chi connectivity index (χ1n) is 8.78. The third-order valence-electron chi connectivity index (χ3n) is 4.23. The molecule has 0 aliphatic rings. The van der Waals surface area contributed by atoms with Crippen molar-refractivity contribution < 1.29 is 22.0 Å². The molecule has 5 nitrogen and oxygen atoms in total. The average Bonchev–Trinajstić information content (AvgIpc) is 2.74. The third-order valence-corrected chi connectivity index (χ3v) is 6.79. The van der Waals surface area contributed by atoms with Crippen LogP contribution in [0.15, 0.2) is 88.7 Å². The van der Waals surface area contributed by atoms with Crippen LogP contribution in [-0.4, -0.2) is 27.1 Å². The molecule has 0 saturated heterocycles. The molecule has 0 fully saturated rings. The Morgan fingerprint density at radius 2 is 1.53 bits per heavy atom. The summed E-state index contributed by atoms with van der Waals surface area (Å²) in [5.74, 6) is -3.16. The number of alkyl halides is 2. The van der Waals surface area contributed by atoms with E-state index >= 15 is 0 Å². The Morgan fingerprint density at radius 1 is 0.933 bits per heavy atom. The molecule has 0 saturated carbocycles. The van der Waals surface area contributed by atoms with Crippen molar-refractivity contribution in [3.05, 3.63) is 84.4 Å². The first kappa shape index (κ1) is 21.8. The number of benzene rings is 3. The molecule has 9 heteroatoms. The van der Waals surface area contributed by atoms with Crippen LogP contribution in [0.5, 0.6) is 0 Å². The van der Waals surface area contributed by atoms with Crippen molar-refractivity contribution >= 4 is 39.1 Å². The lowest BCUT2D eigenvalue weighted by Gasteiger charge is -2.21. The molecule has 0 radical (unpaired) electrons. The maximum atomic E-state index is 13.1. The van der Waals surface area contributed by atoms with Gasteiger partial charge in [-0.25, -0.2) is 8.42 Å². The van der Waals surface area contributed by atoms with Crippen LogP contribution in [-0.2, 0) is 10.0 Å². The number of thioether (sulfide) groups is 1. The fourth-order valence-corrected chi connectivity index (χ4v) is 4.60. The van der Waals surface area contributed by atoms with Gasteiger partial charge in [-0.3, -0.25) is 9.10 Å². The molecule has 0 heterocycles. The highest BCUT2D eigenvalue weighted by molar-refractivity contribution is 7.99. The van der Waals surface area contributed by atoms with Crippen molar-refractivity contribution in [2.75, 3.05) is 16.7 Å². The normalized spacial score (nSPS) is 11.3. The SMILES string of the molecule is CN(c1ccccc1)S(=O)(=O)c1ccccc1C(=O)Nc1ccc(SC(F)F)cc1. The number of halogens is 2. The van der Waals surface area contributed by atoms with Crippen LogP contribution in [0.3, 0.4) is 0 Å². The Kier molecular flexibility index (Phi) is 6.73. The lowest BCUT2D eigenvalue weighted by molar-refractivity contribution is 0.102. The maximum absolute atomic E-state index is 13.1. The number of nitrogens with one attached hydrogen (secondary N) is 1. The molecule has 1 amide bonds. The molecule has 0 unspecified atom stereocenters. The zero-order valence-electron chi connectivity index (χ0n) is 15.8. The number of amides is 1. The minimum absolute atomic E-state index is 0.0219. The first-order valence-corrected chi connectivity index (χ1v) is 11.1. The van der Waals surface area contributed by atoms with E-state index in [1.165, 1.54) is 43.4 Å². The number of anilines is 2. The van der Waals surface area contributed by atoms with Crippen LogP contribution in [0.4, 0.5) is 20.2 Å². The highest BCUT2D eigenvalue weighted by atomic mass is 32.2. The van der Waals surface area contributed by atoms with Gasteiger partial charge in [-0.05, 0) is 48.5 Å². The highest BCUT2D eigenvalue weighted by Gasteiger charge is 2.26. The van der Waals surface area contributed by atoms with Crippen molar-refractivity contribution in [3.8, 4) is 0 Å². The number of nitrogens with zero attached hydrogens (tertiary/aromatic N) is 1. The fraction of sp³-hybridized carbons (Fsp3) is 0.0952. The molecule has 1 N–H and O–H groups in total. The summed E-state index contributed by atoms with van der Waals surface area (Å²) in [7, 11) is -2.58. The van der Waals surface area contributed by atoms with Gasteiger partial charge in [0.05, 0.1) is 11.3 Å². The second-order valence-corrected chi connectivity index (χ2v) is 9.16. The molecule has 30 heavy (non-hydrogen) atoms. The fourth-order valence-electron chi connectivity index (χ4n) is 2.72. The average molecular weight is 449 g/mol. The molecule has 0 spiro atoms. The van der Waals surface area contributed by atoms with E-state index in [1.807, 2.05) is 0 Å². The van der Waals surface area contributed by atoms with Gasteiger partial charge in [-0.2, -0.15) is 8.78 Å². The number of sulfonamides is 1. The quantitative estimate of drug-likeness (QED) is 0.512. The van der Waals surface area contributed by atoms with E-state index in [9.17, 15) is 22.0 Å². The Balaban J connectivity index is 1.86. The van der Waals surface area contributed by atoms with E-state index < -0.39 is 21.7 Å². The maximum Gasteiger partial charge on any atom is 0.288 e. The van der Waals surface area contributed by atoms with Crippen molar-refractivity contribution in [2.45, 2.75) is 15.5 Å². The van der Waals surface area contributed by atoms with Gasteiger partial charge in [0.1, 0.15) is 4.90 Å². The largest absolute Gasteiger partial charge is 0.322 e. The second-order valence-electron chi connectivity index (χ2n) is 6.16. The van der Waals surface area contributed by atoms with Crippen LogP contribution >= 0.6 is 11.8 Å². The Morgan fingerprint density at radius 3 is 2.17 bits per heavy atom. The number of carbonyl (C=O) groups excluding carboxylic acids is 1. The van der Waals surface area contributed by atoms with Gasteiger partial charge in [0.15, 0.2) is 0 Å². The standard InChI is InChI=1S/C21H18F2N2O3S2/c1-25(16-7-3-2-4-8-16)30(27,28)19-10-6-5-9-18(19)20(26)24-15-11-13-17(14-12-15)29-21(22)23/h2-14,21H,1H3,(H,24,26). The van der Waals surface area contributed by atoms with E-state index in [4.69, 9.17) is 0 Å². The predicted octanol–water partition coefficient (Wildman–Crippen LogP) is 5.08. The summed E-state index contributed by atoms with van der Waals surface area (Å²) >= 11 is 0.398. The topological polar surface area (TPSA) is 66.5 Å². The predicted molar refractivity (Wildman–Crippen MR) is 115 cm³/mol. The van der Waals surface area contributed by atoms with Crippen molar-refractivity contribution in [2.24, 2.45) is 0 Å². The molecule has 0 aromatic heterocycles. The highest BCUT2D eigenvalue weighted by Crippen LogP contribution is 2.27. The minimum Gasteiger partial charge on any atom is -0.322 e. The number of hydrogen-bond acceptors (Lipinski definition) is 4. The minimum atomic E-state index is -3.99. The van der Waals surface area contributed by atoms with Crippen LogP contribution in [0.1, 0.15) is 10.4 Å². The Hall–Kier alpha value is -2.91. The monoisotopic (exact) mass is 448 g/mol. The van der Waals surface area contributed by atoms with Gasteiger partial charge in [-0.1, -0.05) is 42.1 Å². The molecule has 0 atom stereocenters. The molecule has 3 aromatic rings. The molecule has 3 rings (SSSR count). The first-order chi connectivity index (χ1) is 14.3. The summed E-state index contributed by atoms with van der Waals surface area (Å²) in [6.45, 7) is 0. The summed E-state index contributed by atoms with van der Waals surface area (Å²) in [4.78, 5) is 13.0. The van der Waals surface area contributed by atoms with Crippen molar-refractivity contribution in [1.29, 1.82) is 0 Å². The Bertz CT molecular complexity index is 1120. The van der Waals surface area contributed by atoms with E-state index in [-0.39, 0.29) is 10.5 Å². The van der Waals surface area contributed by atoms with Crippen molar-refractivity contribution in [3.63, 3.8) is 0 Å². The summed E-state index contributed by atoms with van der Waals surface area (Å²) < 4.78 is 52.2. The van der Waals surface area contributed by atoms with E-state index in [0.717, 1.165) is 4.31 Å². The summed E-state index contributed by atoms with van der Waals surface area (Å²) in [5.41, 5.74) is 0.799. The molecule has 0 bridgehead atoms. The Labute approximate surface area is 177 Å². The number of rotatable bonds is 7. The van der Waals surface area contributed by atoms with Gasteiger partial charge in [0.25, 0.3) is 21.7 Å². The molecule has 0 aliphatic carbocycles. The lowest BCUT2D eigenvalue weighted by atomic mass is 10.2. The number of hydrogen-bond donors (Lipinski definition) is 1. The zero-order valence-corrected chi connectivity index (χ0v) is 17.5. The van der Waals surface area contributed by atoms with Crippen LogP contribution in [0, 0.1) is 0 Å². The van der Waals surface area contributed by atoms with E-state index in [1.54, 1.807) is 42.5 Å². The number of para-hydroxylation sites is 1. The smallest absolute Gasteiger partial charge is 0.288 e. The lowest BCUT2D eigenvalue weighted by Crippen LogP contribution is -2.28. The molecular weight excluding hydrogens is 430 g/mol. The summed E-state index contributed by atoms with van der Waals surface area (Å²) in [6, 6.07) is 20.3. The van der Waals surface area contributed by atoms with Crippen LogP contribution in [0.25, 0.3) is 0 Å². The molecule has 0 aliphatic heterocycles. The van der Waals surface area contributed by atoms with Crippen LogP contribution < -0.4 is 9.62 Å². The third kappa shape index (κ3) is 4.98. The van der Waals surface area contributed by atoms with Crippen LogP contribution in [0.2, 0.25) is 0 Å². The molecule has 3 aromatic carbocycles. The number of carbonyl (C=O) groups is 1. The van der Waals surface area contributed by atoms with Gasteiger partial charge >= 0.3 is 0 Å². The van der Waals surface area contributed by atoms with Crippen molar-refractivity contribution in [1.82, 2.24) is 0 Å².